The molecule has 0 amide bonds. The van der Waals surface area contributed by atoms with Gasteiger partial charge in [0.15, 0.2) is 0 Å². The smallest absolute Gasteiger partial charge is 0.142 e. The highest BCUT2D eigenvalue weighted by molar-refractivity contribution is 6.31. The van der Waals surface area contributed by atoms with Crippen LogP contribution < -0.4 is 5.48 Å². The highest BCUT2D eigenvalue weighted by atomic mass is 35.5. The molecule has 0 aliphatic rings. The highest BCUT2D eigenvalue weighted by Gasteiger charge is 2.07. The van der Waals surface area contributed by atoms with E-state index < -0.39 is 5.82 Å². The van der Waals surface area contributed by atoms with Crippen LogP contribution in [0.3, 0.4) is 0 Å². The summed E-state index contributed by atoms with van der Waals surface area (Å²) in [5.41, 5.74) is 3.37. The van der Waals surface area contributed by atoms with Crippen LogP contribution >= 0.6 is 11.6 Å². The van der Waals surface area contributed by atoms with Crippen LogP contribution in [-0.2, 0) is 6.54 Å². The summed E-state index contributed by atoms with van der Waals surface area (Å²) >= 11 is 5.65. The summed E-state index contributed by atoms with van der Waals surface area (Å²) in [5.74, 6) is -0.465. The lowest BCUT2D eigenvalue weighted by molar-refractivity contribution is 0.161. The van der Waals surface area contributed by atoms with Gasteiger partial charge in [0.1, 0.15) is 5.82 Å². The lowest BCUT2D eigenvalue weighted by atomic mass is 10.1. The first-order chi connectivity index (χ1) is 5.66. The number of halogens is 2. The molecule has 0 saturated heterocycles. The van der Waals surface area contributed by atoms with E-state index in [2.05, 4.69) is 0 Å². The maximum atomic E-state index is 12.8. The first-order valence-corrected chi connectivity index (χ1v) is 3.85. The standard InChI is InChI=1S/C8H9ClFNO/c1-5-2-3-7(10)8(9)6(5)4-11-12/h2-3,11-12H,4H2,1H3. The van der Waals surface area contributed by atoms with Crippen molar-refractivity contribution in [1.82, 2.24) is 5.48 Å². The van der Waals surface area contributed by atoms with Gasteiger partial charge in [-0.05, 0) is 24.1 Å². The summed E-state index contributed by atoms with van der Waals surface area (Å²) in [6.45, 7) is 1.96. The van der Waals surface area contributed by atoms with Gasteiger partial charge in [-0.3, -0.25) is 0 Å². The average molecular weight is 190 g/mol. The van der Waals surface area contributed by atoms with E-state index in [4.69, 9.17) is 16.8 Å². The second kappa shape index (κ2) is 3.85. The summed E-state index contributed by atoms with van der Waals surface area (Å²) < 4.78 is 12.8. The van der Waals surface area contributed by atoms with Gasteiger partial charge in [-0.25, -0.2) is 9.87 Å². The Hall–Kier alpha value is -0.640. The number of hydrogen-bond donors (Lipinski definition) is 2. The molecule has 0 unspecified atom stereocenters. The van der Waals surface area contributed by atoms with Gasteiger partial charge < -0.3 is 5.21 Å². The minimum atomic E-state index is -0.465. The topological polar surface area (TPSA) is 32.3 Å². The molecule has 0 aliphatic carbocycles. The van der Waals surface area contributed by atoms with Crippen molar-refractivity contribution in [3.8, 4) is 0 Å². The van der Waals surface area contributed by atoms with Crippen LogP contribution in [0.4, 0.5) is 4.39 Å². The maximum absolute atomic E-state index is 12.8. The summed E-state index contributed by atoms with van der Waals surface area (Å²) in [7, 11) is 0. The molecule has 2 N–H and O–H groups in total. The first kappa shape index (κ1) is 9.45. The summed E-state index contributed by atoms with van der Waals surface area (Å²) in [6.07, 6.45) is 0. The van der Waals surface area contributed by atoms with Crippen molar-refractivity contribution >= 4 is 11.6 Å². The minimum absolute atomic E-state index is 0.0663. The van der Waals surface area contributed by atoms with Crippen LogP contribution in [0.2, 0.25) is 5.02 Å². The van der Waals surface area contributed by atoms with Gasteiger partial charge in [-0.1, -0.05) is 17.7 Å². The summed E-state index contributed by atoms with van der Waals surface area (Å²) in [5, 5.41) is 8.49. The molecule has 0 heterocycles. The molecule has 0 bridgehead atoms. The predicted molar refractivity (Wildman–Crippen MR) is 44.8 cm³/mol. The van der Waals surface area contributed by atoms with E-state index in [9.17, 15) is 4.39 Å². The third-order valence-electron chi connectivity index (χ3n) is 1.69. The van der Waals surface area contributed by atoms with E-state index in [1.165, 1.54) is 6.07 Å². The Morgan fingerprint density at radius 1 is 1.58 bits per heavy atom. The Bertz CT molecular complexity index is 291. The van der Waals surface area contributed by atoms with Gasteiger partial charge >= 0.3 is 0 Å². The zero-order chi connectivity index (χ0) is 9.14. The zero-order valence-electron chi connectivity index (χ0n) is 6.56. The monoisotopic (exact) mass is 189 g/mol. The average Bonchev–Trinajstić information content (AvgIpc) is 2.06. The number of nitrogens with one attached hydrogen (secondary N) is 1. The van der Waals surface area contributed by atoms with E-state index in [1.54, 1.807) is 13.0 Å². The van der Waals surface area contributed by atoms with Crippen molar-refractivity contribution in [3.63, 3.8) is 0 Å². The van der Waals surface area contributed by atoms with Crippen molar-refractivity contribution in [1.29, 1.82) is 0 Å². The summed E-state index contributed by atoms with van der Waals surface area (Å²) in [4.78, 5) is 0. The highest BCUT2D eigenvalue weighted by Crippen LogP contribution is 2.22. The van der Waals surface area contributed by atoms with Gasteiger partial charge in [-0.2, -0.15) is 0 Å². The van der Waals surface area contributed by atoms with Crippen molar-refractivity contribution in [2.24, 2.45) is 0 Å². The number of hydroxylamine groups is 1. The lowest BCUT2D eigenvalue weighted by Crippen LogP contribution is -2.08. The maximum Gasteiger partial charge on any atom is 0.142 e. The number of rotatable bonds is 2. The minimum Gasteiger partial charge on any atom is -0.316 e. The van der Waals surface area contributed by atoms with E-state index in [0.29, 0.717) is 5.56 Å². The molecule has 12 heavy (non-hydrogen) atoms. The molecule has 0 fully saturated rings. The number of aryl methyl sites for hydroxylation is 1. The largest absolute Gasteiger partial charge is 0.316 e. The molecule has 0 spiro atoms. The second-order valence-corrected chi connectivity index (χ2v) is 2.87. The zero-order valence-corrected chi connectivity index (χ0v) is 7.32. The molecule has 1 aromatic rings. The lowest BCUT2D eigenvalue weighted by Gasteiger charge is -2.06. The normalized spacial score (nSPS) is 10.3. The Morgan fingerprint density at radius 3 is 2.83 bits per heavy atom. The third kappa shape index (κ3) is 1.75. The fraction of sp³-hybridized carbons (Fsp3) is 0.250. The molecule has 0 saturated carbocycles. The van der Waals surface area contributed by atoms with Crippen LogP contribution in [0, 0.1) is 12.7 Å². The molecular weight excluding hydrogens is 181 g/mol. The van der Waals surface area contributed by atoms with Gasteiger partial charge in [-0.15, -0.1) is 0 Å². The molecule has 0 radical (unpaired) electrons. The fourth-order valence-electron chi connectivity index (χ4n) is 0.985. The Balaban J connectivity index is 3.14. The molecule has 0 atom stereocenters. The molecule has 66 valence electrons. The van der Waals surface area contributed by atoms with Gasteiger partial charge in [0.25, 0.3) is 0 Å². The van der Waals surface area contributed by atoms with Crippen LogP contribution in [0.1, 0.15) is 11.1 Å². The quantitative estimate of drug-likeness (QED) is 0.700. The molecule has 1 rings (SSSR count). The van der Waals surface area contributed by atoms with E-state index >= 15 is 0 Å². The molecule has 0 aliphatic heterocycles. The number of hydrogen-bond acceptors (Lipinski definition) is 2. The second-order valence-electron chi connectivity index (χ2n) is 2.49. The Morgan fingerprint density at radius 2 is 2.25 bits per heavy atom. The number of benzene rings is 1. The van der Waals surface area contributed by atoms with Crippen LogP contribution in [0.25, 0.3) is 0 Å². The van der Waals surface area contributed by atoms with Crippen LogP contribution in [-0.4, -0.2) is 5.21 Å². The Labute approximate surface area is 74.9 Å². The fourth-order valence-corrected chi connectivity index (χ4v) is 1.26. The molecular formula is C8H9ClFNO. The van der Waals surface area contributed by atoms with E-state index in [1.807, 2.05) is 5.48 Å². The van der Waals surface area contributed by atoms with E-state index in [-0.39, 0.29) is 11.6 Å². The van der Waals surface area contributed by atoms with Crippen LogP contribution in [0.15, 0.2) is 12.1 Å². The van der Waals surface area contributed by atoms with Crippen molar-refractivity contribution in [2.75, 3.05) is 0 Å². The van der Waals surface area contributed by atoms with Crippen molar-refractivity contribution < 1.29 is 9.60 Å². The van der Waals surface area contributed by atoms with Crippen molar-refractivity contribution in [2.45, 2.75) is 13.5 Å². The molecule has 0 aromatic heterocycles. The summed E-state index contributed by atoms with van der Waals surface area (Å²) in [6, 6.07) is 2.92. The molecule has 2 nitrogen and oxygen atoms in total. The SMILES string of the molecule is Cc1ccc(F)c(Cl)c1CNO. The third-order valence-corrected chi connectivity index (χ3v) is 2.09. The Kier molecular flexibility index (Phi) is 3.03. The van der Waals surface area contributed by atoms with Gasteiger partial charge in [0.05, 0.1) is 5.02 Å². The van der Waals surface area contributed by atoms with Gasteiger partial charge in [0.2, 0.25) is 0 Å². The van der Waals surface area contributed by atoms with Crippen molar-refractivity contribution in [3.05, 3.63) is 34.1 Å². The molecule has 1 aromatic carbocycles. The predicted octanol–water partition coefficient (Wildman–Crippen LogP) is 2.27. The van der Waals surface area contributed by atoms with E-state index in [0.717, 1.165) is 5.56 Å². The van der Waals surface area contributed by atoms with Gasteiger partial charge in [0, 0.05) is 6.54 Å². The van der Waals surface area contributed by atoms with Crippen LogP contribution in [0.5, 0.6) is 0 Å². The first-order valence-electron chi connectivity index (χ1n) is 3.47. The molecule has 4 heteroatoms.